The van der Waals surface area contributed by atoms with Crippen molar-refractivity contribution < 1.29 is 18.7 Å². The van der Waals surface area contributed by atoms with Crippen LogP contribution in [0, 0.1) is 18.3 Å². The van der Waals surface area contributed by atoms with Crippen molar-refractivity contribution in [1.82, 2.24) is 19.8 Å². The second-order valence-corrected chi connectivity index (χ2v) is 10.9. The monoisotopic (exact) mass is 588 g/mol. The van der Waals surface area contributed by atoms with E-state index in [-0.39, 0.29) is 6.10 Å². The zero-order chi connectivity index (χ0) is 30.9. The van der Waals surface area contributed by atoms with Gasteiger partial charge in [0.15, 0.2) is 5.83 Å². The van der Waals surface area contributed by atoms with Gasteiger partial charge in [0.2, 0.25) is 0 Å². The summed E-state index contributed by atoms with van der Waals surface area (Å²) in [5.74, 6) is -0.836. The normalized spacial score (nSPS) is 18.0. The molecule has 3 aliphatic rings. The minimum absolute atomic E-state index is 0.130. The third-order valence-corrected chi connectivity index (χ3v) is 7.96. The van der Waals surface area contributed by atoms with E-state index in [9.17, 15) is 9.18 Å². The fraction of sp³-hybridized carbons (Fsp3) is 0.455. The van der Waals surface area contributed by atoms with Crippen molar-refractivity contribution in [2.75, 3.05) is 58.3 Å². The van der Waals surface area contributed by atoms with Gasteiger partial charge >= 0.3 is 6.01 Å². The van der Waals surface area contributed by atoms with Gasteiger partial charge in [-0.3, -0.25) is 4.79 Å². The molecule has 0 bridgehead atoms. The second kappa shape index (κ2) is 14.9. The highest BCUT2D eigenvalue weighted by Gasteiger charge is 2.31. The van der Waals surface area contributed by atoms with Crippen LogP contribution < -0.4 is 9.64 Å². The van der Waals surface area contributed by atoms with Gasteiger partial charge < -0.3 is 24.2 Å². The third-order valence-electron chi connectivity index (χ3n) is 7.96. The Balaban J connectivity index is 0.000000408. The number of hydrogen-bond acceptors (Lipinski definition) is 8. The molecule has 2 aromatic carbocycles. The van der Waals surface area contributed by atoms with E-state index in [0.29, 0.717) is 45.2 Å². The van der Waals surface area contributed by atoms with Gasteiger partial charge in [-0.15, -0.1) is 0 Å². The number of halogens is 1. The number of rotatable bonds is 4. The maximum Gasteiger partial charge on any atom is 0.318 e. The predicted molar refractivity (Wildman–Crippen MR) is 166 cm³/mol. The Hall–Kier alpha value is -4.07. The van der Waals surface area contributed by atoms with E-state index >= 15 is 0 Å². The molecular formula is C33H41FN6O3. The molecule has 1 aromatic heterocycles. The summed E-state index contributed by atoms with van der Waals surface area (Å²) in [6.45, 7) is 11.5. The fourth-order valence-electron chi connectivity index (χ4n) is 5.78. The number of nitriles is 1. The molecule has 1 atom stereocenters. The number of fused-ring (bicyclic) bond motifs is 2. The van der Waals surface area contributed by atoms with Crippen LogP contribution in [-0.2, 0) is 22.6 Å². The molecule has 3 aromatic rings. The largest absolute Gasteiger partial charge is 0.467 e. The zero-order valence-electron chi connectivity index (χ0n) is 25.6. The second-order valence-electron chi connectivity index (χ2n) is 10.9. The van der Waals surface area contributed by atoms with Crippen molar-refractivity contribution in [2.45, 2.75) is 45.8 Å². The molecule has 4 heterocycles. The van der Waals surface area contributed by atoms with Crippen molar-refractivity contribution in [2.24, 2.45) is 0 Å². The molecule has 9 nitrogen and oxygen atoms in total. The summed E-state index contributed by atoms with van der Waals surface area (Å²) in [6, 6.07) is 14.7. The molecule has 0 N–H and O–H groups in total. The van der Waals surface area contributed by atoms with Crippen LogP contribution in [0.5, 0.6) is 6.01 Å². The lowest BCUT2D eigenvalue weighted by Gasteiger charge is -2.37. The van der Waals surface area contributed by atoms with Crippen molar-refractivity contribution in [1.29, 1.82) is 5.26 Å². The van der Waals surface area contributed by atoms with Gasteiger partial charge in [-0.05, 0) is 61.8 Å². The van der Waals surface area contributed by atoms with Crippen LogP contribution in [0.4, 0.5) is 10.2 Å². The highest BCUT2D eigenvalue weighted by Crippen LogP contribution is 2.38. The van der Waals surface area contributed by atoms with Gasteiger partial charge in [0.25, 0.3) is 5.91 Å². The van der Waals surface area contributed by atoms with Gasteiger partial charge in [0, 0.05) is 45.1 Å². The lowest BCUT2D eigenvalue weighted by atomic mass is 9.92. The van der Waals surface area contributed by atoms with E-state index in [0.717, 1.165) is 22.6 Å². The first-order valence-corrected chi connectivity index (χ1v) is 14.7. The molecule has 3 aliphatic heterocycles. The number of aryl methyl sites for hydroxylation is 1. The number of benzene rings is 2. The Bertz CT molecular complexity index is 1470. The van der Waals surface area contributed by atoms with E-state index in [1.165, 1.54) is 54.1 Å². The Labute approximate surface area is 253 Å². The molecule has 0 spiro atoms. The van der Waals surface area contributed by atoms with Crippen LogP contribution in [-0.4, -0.2) is 79.1 Å². The molecule has 0 saturated carbocycles. The summed E-state index contributed by atoms with van der Waals surface area (Å²) in [5, 5.41) is 9.73. The van der Waals surface area contributed by atoms with Crippen molar-refractivity contribution in [3.8, 4) is 12.1 Å². The van der Waals surface area contributed by atoms with E-state index in [1.807, 2.05) is 0 Å². The number of aromatic nitrogens is 2. The lowest BCUT2D eigenvalue weighted by molar-refractivity contribution is -0.128. The van der Waals surface area contributed by atoms with Crippen LogP contribution in [0.2, 0.25) is 0 Å². The first-order chi connectivity index (χ1) is 20.8. The number of carbonyl (C=O) groups excluding carboxylic acids is 1. The molecule has 1 unspecified atom stereocenters. The Morgan fingerprint density at radius 3 is 2.33 bits per heavy atom. The summed E-state index contributed by atoms with van der Waals surface area (Å²) in [5.41, 5.74) is 4.20. The lowest BCUT2D eigenvalue weighted by Crippen LogP contribution is -2.49. The molecule has 6 rings (SSSR count). The summed E-state index contributed by atoms with van der Waals surface area (Å²) >= 11 is 0. The van der Waals surface area contributed by atoms with Crippen molar-refractivity contribution in [3.05, 3.63) is 71.2 Å². The first-order valence-electron chi connectivity index (χ1n) is 14.7. The van der Waals surface area contributed by atoms with Crippen LogP contribution in [0.1, 0.15) is 48.3 Å². The Morgan fingerprint density at radius 2 is 1.74 bits per heavy atom. The van der Waals surface area contributed by atoms with E-state index in [4.69, 9.17) is 14.7 Å². The fourth-order valence-corrected chi connectivity index (χ4v) is 5.78. The van der Waals surface area contributed by atoms with E-state index in [2.05, 4.69) is 76.7 Å². The maximum atomic E-state index is 13.3. The van der Waals surface area contributed by atoms with Gasteiger partial charge in [0.1, 0.15) is 5.82 Å². The Kier molecular flexibility index (Phi) is 11.0. The number of methoxy groups -OCH3 is 1. The molecule has 0 radical (unpaired) electrons. The average molecular weight is 589 g/mol. The molecule has 10 heteroatoms. The summed E-state index contributed by atoms with van der Waals surface area (Å²) in [7, 11) is 3.73. The molecular weight excluding hydrogens is 547 g/mol. The summed E-state index contributed by atoms with van der Waals surface area (Å²) in [4.78, 5) is 27.1. The minimum atomic E-state index is -0.933. The van der Waals surface area contributed by atoms with Crippen LogP contribution in [0.15, 0.2) is 48.8 Å². The number of anilines is 1. The molecule has 1 amide bonds. The smallest absolute Gasteiger partial charge is 0.318 e. The Morgan fingerprint density at radius 1 is 1.09 bits per heavy atom. The van der Waals surface area contributed by atoms with Gasteiger partial charge in [-0.25, -0.2) is 4.39 Å². The number of hydrogen-bond donors (Lipinski definition) is 0. The topological polar surface area (TPSA) is 94.8 Å². The van der Waals surface area contributed by atoms with Gasteiger partial charge in [-0.1, -0.05) is 43.0 Å². The molecule has 0 aliphatic carbocycles. The van der Waals surface area contributed by atoms with Gasteiger partial charge in [0.05, 0.1) is 31.6 Å². The highest BCUT2D eigenvalue weighted by atomic mass is 19.1. The number of amides is 1. The zero-order valence-corrected chi connectivity index (χ0v) is 25.6. The number of ether oxygens (including phenoxy) is 2. The van der Waals surface area contributed by atoms with Crippen LogP contribution in [0.25, 0.3) is 10.8 Å². The molecule has 2 saturated heterocycles. The quantitative estimate of drug-likeness (QED) is 0.387. The summed E-state index contributed by atoms with van der Waals surface area (Å²) < 4.78 is 25.1. The standard InChI is InChI=1S/C26H27FN4O3.C5H11N.C2H3N/c1-16-6-4-7-18-8-5-9-19(23(16)18)22-14-21-20(15-34-22)24(29-26(28-21)33-3)30-10-12-31(13-11-30)25(32)17(2)27;1-6-4-2-3-5-6;1-2-3/h4-9,22H,2,10-15H2,1,3H3;2-5H2,1H3;1H3. The van der Waals surface area contributed by atoms with Crippen molar-refractivity contribution >= 4 is 22.5 Å². The SMILES string of the molecule is C=C(F)C(=O)N1CCN(c2nc(OC)nc3c2COC(c2cccc4cccc(C)c24)C3)CC1.CC#N.CN1CCCC1. The number of carbonyl (C=O) groups is 1. The molecule has 43 heavy (non-hydrogen) atoms. The first kappa shape index (κ1) is 31.9. The van der Waals surface area contributed by atoms with Crippen LogP contribution >= 0.6 is 0 Å². The molecule has 2 fully saturated rings. The molecule has 228 valence electrons. The minimum Gasteiger partial charge on any atom is -0.467 e. The highest BCUT2D eigenvalue weighted by molar-refractivity contribution is 5.91. The maximum absolute atomic E-state index is 13.3. The number of nitrogens with zero attached hydrogens (tertiary/aromatic N) is 6. The van der Waals surface area contributed by atoms with E-state index in [1.54, 1.807) is 13.2 Å². The summed E-state index contributed by atoms with van der Waals surface area (Å²) in [6.07, 6.45) is 3.30. The van der Waals surface area contributed by atoms with Crippen LogP contribution in [0.3, 0.4) is 0 Å². The predicted octanol–water partition coefficient (Wildman–Crippen LogP) is 5.13. The van der Waals surface area contributed by atoms with Gasteiger partial charge in [-0.2, -0.15) is 15.2 Å². The van der Waals surface area contributed by atoms with Crippen molar-refractivity contribution in [3.63, 3.8) is 0 Å². The average Bonchev–Trinajstić information content (AvgIpc) is 3.51. The number of likely N-dealkylation sites (tertiary alicyclic amines) is 1. The third kappa shape index (κ3) is 7.66. The number of piperazine rings is 1. The van der Waals surface area contributed by atoms with E-state index < -0.39 is 11.7 Å².